The molecule has 0 spiro atoms. The SMILES string of the molecule is FC(F)(F)Oc1ccccc1CN(CCCCNc1ccnc2cc(Cl)ccc12)Cc1ccccc1. The van der Waals surface area contributed by atoms with Crippen LogP contribution in [0.1, 0.15) is 24.0 Å². The number of pyridine rings is 1. The van der Waals surface area contributed by atoms with E-state index in [9.17, 15) is 13.2 Å². The van der Waals surface area contributed by atoms with Gasteiger partial charge in [0.2, 0.25) is 0 Å². The molecule has 0 aliphatic rings. The minimum Gasteiger partial charge on any atom is -0.405 e. The summed E-state index contributed by atoms with van der Waals surface area (Å²) in [4.78, 5) is 6.52. The van der Waals surface area contributed by atoms with Crippen molar-refractivity contribution in [2.45, 2.75) is 32.3 Å². The van der Waals surface area contributed by atoms with E-state index in [1.165, 1.54) is 6.07 Å². The molecule has 4 nitrogen and oxygen atoms in total. The molecule has 1 heterocycles. The van der Waals surface area contributed by atoms with E-state index in [1.54, 1.807) is 24.4 Å². The Morgan fingerprint density at radius 3 is 2.47 bits per heavy atom. The number of nitrogens with one attached hydrogen (secondary N) is 1. The number of rotatable bonds is 11. The van der Waals surface area contributed by atoms with E-state index >= 15 is 0 Å². The molecule has 1 aromatic heterocycles. The molecular weight excluding hydrogens is 487 g/mol. The number of anilines is 1. The Hall–Kier alpha value is -3.29. The van der Waals surface area contributed by atoms with Crippen LogP contribution in [0.5, 0.6) is 5.75 Å². The lowest BCUT2D eigenvalue weighted by atomic mass is 10.1. The fourth-order valence-corrected chi connectivity index (χ4v) is 4.28. The molecule has 4 rings (SSSR count). The molecule has 0 amide bonds. The highest BCUT2D eigenvalue weighted by atomic mass is 35.5. The maximum Gasteiger partial charge on any atom is 0.573 e. The largest absolute Gasteiger partial charge is 0.573 e. The van der Waals surface area contributed by atoms with Gasteiger partial charge in [0.05, 0.1) is 5.52 Å². The molecule has 0 aliphatic heterocycles. The Morgan fingerprint density at radius 2 is 1.67 bits per heavy atom. The second-order valence-electron chi connectivity index (χ2n) is 8.51. The van der Waals surface area contributed by atoms with Gasteiger partial charge in [0.25, 0.3) is 0 Å². The summed E-state index contributed by atoms with van der Waals surface area (Å²) >= 11 is 6.07. The highest BCUT2D eigenvalue weighted by Crippen LogP contribution is 2.28. The first kappa shape index (κ1) is 25.8. The zero-order valence-electron chi connectivity index (χ0n) is 19.6. The molecule has 0 aliphatic carbocycles. The van der Waals surface area contributed by atoms with Gasteiger partial charge in [-0.05, 0) is 55.3 Å². The number of nitrogens with zero attached hydrogens (tertiary/aromatic N) is 2. The van der Waals surface area contributed by atoms with Gasteiger partial charge in [0.1, 0.15) is 5.75 Å². The van der Waals surface area contributed by atoms with Crippen LogP contribution in [0.2, 0.25) is 5.02 Å². The summed E-state index contributed by atoms with van der Waals surface area (Å²) in [6.07, 6.45) is -1.21. The Bertz CT molecular complexity index is 1270. The third-order valence-electron chi connectivity index (χ3n) is 5.76. The van der Waals surface area contributed by atoms with Gasteiger partial charge in [-0.1, -0.05) is 60.1 Å². The first-order valence-corrected chi connectivity index (χ1v) is 12.1. The van der Waals surface area contributed by atoms with Crippen LogP contribution in [0, 0.1) is 0 Å². The third kappa shape index (κ3) is 7.60. The van der Waals surface area contributed by atoms with Gasteiger partial charge in [-0.25, -0.2) is 0 Å². The average molecular weight is 514 g/mol. The number of hydrogen-bond acceptors (Lipinski definition) is 4. The standard InChI is InChI=1S/C28H27ClF3N3O/c29-23-12-13-24-25(14-16-34-26(24)18-23)33-15-6-7-17-35(19-21-8-2-1-3-9-21)20-22-10-4-5-11-27(22)36-28(30,31)32/h1-5,8-14,16,18H,6-7,15,17,19-20H2,(H,33,34). The molecule has 36 heavy (non-hydrogen) atoms. The summed E-state index contributed by atoms with van der Waals surface area (Å²) < 4.78 is 43.0. The van der Waals surface area contributed by atoms with E-state index in [0.717, 1.165) is 48.1 Å². The van der Waals surface area contributed by atoms with Crippen molar-refractivity contribution < 1.29 is 17.9 Å². The van der Waals surface area contributed by atoms with Crippen molar-refractivity contribution in [1.82, 2.24) is 9.88 Å². The molecule has 1 N–H and O–H groups in total. The fourth-order valence-electron chi connectivity index (χ4n) is 4.11. The number of halogens is 4. The number of fused-ring (bicyclic) bond motifs is 1. The van der Waals surface area contributed by atoms with Gasteiger partial charge in [-0.3, -0.25) is 9.88 Å². The average Bonchev–Trinajstić information content (AvgIpc) is 2.84. The first-order chi connectivity index (χ1) is 17.4. The highest BCUT2D eigenvalue weighted by molar-refractivity contribution is 6.31. The van der Waals surface area contributed by atoms with E-state index in [4.69, 9.17) is 11.6 Å². The smallest absolute Gasteiger partial charge is 0.405 e. The molecule has 0 radical (unpaired) electrons. The second-order valence-corrected chi connectivity index (χ2v) is 8.94. The van der Waals surface area contributed by atoms with Crippen molar-refractivity contribution in [2.75, 3.05) is 18.4 Å². The number of alkyl halides is 3. The molecule has 3 aromatic carbocycles. The van der Waals surface area contributed by atoms with Gasteiger partial charge < -0.3 is 10.1 Å². The molecular formula is C28H27ClF3N3O. The van der Waals surface area contributed by atoms with Gasteiger partial charge in [-0.2, -0.15) is 0 Å². The predicted molar refractivity (Wildman–Crippen MR) is 138 cm³/mol. The number of hydrogen-bond donors (Lipinski definition) is 1. The van der Waals surface area contributed by atoms with E-state index in [0.29, 0.717) is 23.7 Å². The van der Waals surface area contributed by atoms with Gasteiger partial charge in [0, 0.05) is 47.5 Å². The topological polar surface area (TPSA) is 37.4 Å². The van der Waals surface area contributed by atoms with Crippen LogP contribution in [0.25, 0.3) is 10.9 Å². The van der Waals surface area contributed by atoms with Crippen LogP contribution in [0.15, 0.2) is 85.1 Å². The summed E-state index contributed by atoms with van der Waals surface area (Å²) in [5, 5.41) is 5.12. The van der Waals surface area contributed by atoms with E-state index in [2.05, 4.69) is 19.9 Å². The Kier molecular flexibility index (Phi) is 8.67. The quantitative estimate of drug-likeness (QED) is 0.209. The zero-order valence-corrected chi connectivity index (χ0v) is 20.4. The normalized spacial score (nSPS) is 11.7. The van der Waals surface area contributed by atoms with Crippen LogP contribution in [-0.4, -0.2) is 29.3 Å². The van der Waals surface area contributed by atoms with Crippen molar-refractivity contribution in [3.05, 3.63) is 101 Å². The molecule has 0 saturated carbocycles. The molecule has 0 saturated heterocycles. The Morgan fingerprint density at radius 1 is 0.889 bits per heavy atom. The van der Waals surface area contributed by atoms with Crippen molar-refractivity contribution in [1.29, 1.82) is 0 Å². The second kappa shape index (κ2) is 12.1. The van der Waals surface area contributed by atoms with Gasteiger partial charge in [-0.15, -0.1) is 13.2 Å². The maximum absolute atomic E-state index is 12.9. The van der Waals surface area contributed by atoms with Crippen LogP contribution < -0.4 is 10.1 Å². The highest BCUT2D eigenvalue weighted by Gasteiger charge is 2.32. The molecule has 0 bridgehead atoms. The minimum absolute atomic E-state index is 0.158. The number of para-hydroxylation sites is 1. The zero-order chi connectivity index (χ0) is 25.4. The summed E-state index contributed by atoms with van der Waals surface area (Å²) in [6.45, 7) is 2.47. The Labute approximate surface area is 213 Å². The van der Waals surface area contributed by atoms with Crippen molar-refractivity contribution in [2.24, 2.45) is 0 Å². The van der Waals surface area contributed by atoms with Crippen LogP contribution in [0.3, 0.4) is 0 Å². The number of aromatic nitrogens is 1. The van der Waals surface area contributed by atoms with E-state index in [1.807, 2.05) is 54.6 Å². The summed E-state index contributed by atoms with van der Waals surface area (Å²) in [5.41, 5.74) is 3.44. The molecule has 0 fully saturated rings. The van der Waals surface area contributed by atoms with Gasteiger partial charge in [0.15, 0.2) is 0 Å². The first-order valence-electron chi connectivity index (χ1n) is 11.8. The Balaban J connectivity index is 1.38. The third-order valence-corrected chi connectivity index (χ3v) is 6.00. The van der Waals surface area contributed by atoms with Crippen LogP contribution in [-0.2, 0) is 13.1 Å². The number of ether oxygens (including phenoxy) is 1. The minimum atomic E-state index is -4.73. The number of benzene rings is 3. The predicted octanol–water partition coefficient (Wildman–Crippen LogP) is 7.68. The molecule has 0 unspecified atom stereocenters. The van der Waals surface area contributed by atoms with Crippen LogP contribution in [0.4, 0.5) is 18.9 Å². The maximum atomic E-state index is 12.9. The molecule has 8 heteroatoms. The summed E-state index contributed by atoms with van der Waals surface area (Å²) in [6, 6.07) is 23.8. The molecule has 4 aromatic rings. The lowest BCUT2D eigenvalue weighted by Crippen LogP contribution is -2.26. The van der Waals surface area contributed by atoms with Crippen LogP contribution >= 0.6 is 11.6 Å². The van der Waals surface area contributed by atoms with Crippen molar-refractivity contribution in [3.63, 3.8) is 0 Å². The van der Waals surface area contributed by atoms with E-state index < -0.39 is 6.36 Å². The summed E-state index contributed by atoms with van der Waals surface area (Å²) in [5.74, 6) is -0.158. The fraction of sp³-hybridized carbons (Fsp3) is 0.250. The number of unbranched alkanes of at least 4 members (excludes halogenated alkanes) is 1. The summed E-state index contributed by atoms with van der Waals surface area (Å²) in [7, 11) is 0. The monoisotopic (exact) mass is 513 g/mol. The molecule has 0 atom stereocenters. The van der Waals surface area contributed by atoms with Gasteiger partial charge >= 0.3 is 6.36 Å². The van der Waals surface area contributed by atoms with Crippen molar-refractivity contribution >= 4 is 28.2 Å². The molecule has 188 valence electrons. The van der Waals surface area contributed by atoms with E-state index in [-0.39, 0.29) is 5.75 Å². The van der Waals surface area contributed by atoms with Crippen molar-refractivity contribution in [3.8, 4) is 5.75 Å². The lowest BCUT2D eigenvalue weighted by Gasteiger charge is -2.24. The lowest BCUT2D eigenvalue weighted by molar-refractivity contribution is -0.275.